The lowest BCUT2D eigenvalue weighted by atomic mass is 9.89. The molecule has 0 saturated carbocycles. The Morgan fingerprint density at radius 1 is 1.41 bits per heavy atom. The van der Waals surface area contributed by atoms with Crippen molar-refractivity contribution in [2.24, 2.45) is 0 Å². The molecule has 1 N–H and O–H groups in total. The molecule has 1 fully saturated rings. The van der Waals surface area contributed by atoms with Crippen molar-refractivity contribution in [1.29, 1.82) is 0 Å². The zero-order chi connectivity index (χ0) is 19.4. The van der Waals surface area contributed by atoms with Crippen molar-refractivity contribution in [2.45, 2.75) is 25.7 Å². The van der Waals surface area contributed by atoms with E-state index < -0.39 is 17.6 Å². The quantitative estimate of drug-likeness (QED) is 0.768. The Morgan fingerprint density at radius 3 is 2.93 bits per heavy atom. The number of piperidine rings is 1. The van der Waals surface area contributed by atoms with E-state index >= 15 is 0 Å². The van der Waals surface area contributed by atoms with Gasteiger partial charge in [-0.15, -0.1) is 11.3 Å². The number of hydrogen-bond donors (Lipinski definition) is 1. The average Bonchev–Trinajstić information content (AvgIpc) is 3.13. The third kappa shape index (κ3) is 4.08. The number of nitrogens with one attached hydrogen (secondary N) is 1. The van der Waals surface area contributed by atoms with Crippen molar-refractivity contribution in [3.63, 3.8) is 0 Å². The summed E-state index contributed by atoms with van der Waals surface area (Å²) in [5.74, 6) is -2.13. The molecule has 1 aliphatic rings. The second-order valence-corrected chi connectivity index (χ2v) is 7.07. The fourth-order valence-electron chi connectivity index (χ4n) is 3.16. The second-order valence-electron chi connectivity index (χ2n) is 6.23. The van der Waals surface area contributed by atoms with E-state index in [0.29, 0.717) is 18.1 Å². The molecule has 1 unspecified atom stereocenters. The summed E-state index contributed by atoms with van der Waals surface area (Å²) in [6.45, 7) is 2.47. The van der Waals surface area contributed by atoms with Crippen LogP contribution in [-0.2, 0) is 4.79 Å². The van der Waals surface area contributed by atoms with Gasteiger partial charge >= 0.3 is 0 Å². The third-order valence-corrected chi connectivity index (χ3v) is 5.40. The van der Waals surface area contributed by atoms with E-state index in [9.17, 15) is 13.6 Å². The maximum Gasteiger partial charge on any atom is 0.236 e. The number of carbonyl (C=O) groups excluding carboxylic acids is 1. The summed E-state index contributed by atoms with van der Waals surface area (Å²) >= 11 is 1.39. The van der Waals surface area contributed by atoms with Gasteiger partial charge in [-0.05, 0) is 43.7 Å². The van der Waals surface area contributed by atoms with Gasteiger partial charge in [-0.3, -0.25) is 9.69 Å². The molecular weight excluding hydrogens is 368 g/mol. The Balaban J connectivity index is 1.85. The van der Waals surface area contributed by atoms with E-state index in [1.165, 1.54) is 23.5 Å². The monoisotopic (exact) mass is 389 g/mol. The van der Waals surface area contributed by atoms with Crippen molar-refractivity contribution >= 4 is 27.9 Å². The van der Waals surface area contributed by atoms with Crippen LogP contribution in [0.2, 0.25) is 0 Å². The number of anilines is 1. The molecule has 1 amide bonds. The highest BCUT2D eigenvalue weighted by molar-refractivity contribution is 7.14. The standard InChI is InChI=1S/C20H21F2N3OS/c1-3-13(8-9-23-2)18-12-27-20(24-18)25-10-4-5-16(19(25)26)15-7-6-14(21)11-17(15)22/h3,6-9,11-12,16,23H,4-5,10H2,1-2H3/b9-8-,13-3+. The van der Waals surface area contributed by atoms with E-state index in [4.69, 9.17) is 0 Å². The van der Waals surface area contributed by atoms with Gasteiger partial charge in [0.15, 0.2) is 5.13 Å². The molecule has 1 atom stereocenters. The molecule has 1 saturated heterocycles. The number of allylic oxidation sites excluding steroid dienone is 3. The lowest BCUT2D eigenvalue weighted by Gasteiger charge is -2.30. The normalized spacial score (nSPS) is 18.4. The Labute approximate surface area is 161 Å². The minimum atomic E-state index is -0.677. The summed E-state index contributed by atoms with van der Waals surface area (Å²) in [5.41, 5.74) is 1.97. The summed E-state index contributed by atoms with van der Waals surface area (Å²) in [4.78, 5) is 19.2. The van der Waals surface area contributed by atoms with Crippen LogP contribution in [0.25, 0.3) is 5.57 Å². The predicted molar refractivity (Wildman–Crippen MR) is 105 cm³/mol. The van der Waals surface area contributed by atoms with Crippen molar-refractivity contribution in [2.75, 3.05) is 18.5 Å². The van der Waals surface area contributed by atoms with E-state index in [2.05, 4.69) is 10.3 Å². The number of carbonyl (C=O) groups is 1. The zero-order valence-corrected chi connectivity index (χ0v) is 16.0. The minimum Gasteiger partial charge on any atom is -0.394 e. The van der Waals surface area contributed by atoms with E-state index in [-0.39, 0.29) is 11.5 Å². The molecule has 142 valence electrons. The lowest BCUT2D eigenvalue weighted by molar-refractivity contribution is -0.121. The molecule has 0 radical (unpaired) electrons. The topological polar surface area (TPSA) is 45.2 Å². The molecule has 1 aliphatic heterocycles. The first kappa shape index (κ1) is 19.2. The molecule has 0 bridgehead atoms. The fraction of sp³-hybridized carbons (Fsp3) is 0.300. The highest BCUT2D eigenvalue weighted by atomic mass is 32.1. The molecule has 27 heavy (non-hydrogen) atoms. The number of nitrogens with zero attached hydrogens (tertiary/aromatic N) is 2. The van der Waals surface area contributed by atoms with Crippen LogP contribution in [0.3, 0.4) is 0 Å². The van der Waals surface area contributed by atoms with Crippen LogP contribution < -0.4 is 10.2 Å². The van der Waals surface area contributed by atoms with Crippen LogP contribution in [0.15, 0.2) is 41.9 Å². The molecule has 4 nitrogen and oxygen atoms in total. The third-order valence-electron chi connectivity index (χ3n) is 4.54. The van der Waals surface area contributed by atoms with Gasteiger partial charge in [0.25, 0.3) is 0 Å². The molecule has 2 aromatic rings. The molecule has 1 aromatic heterocycles. The molecule has 2 heterocycles. The summed E-state index contributed by atoms with van der Waals surface area (Å²) in [6, 6.07) is 3.39. The number of aromatic nitrogens is 1. The minimum absolute atomic E-state index is 0.194. The summed E-state index contributed by atoms with van der Waals surface area (Å²) < 4.78 is 27.4. The van der Waals surface area contributed by atoms with Gasteiger partial charge in [0.05, 0.1) is 11.6 Å². The van der Waals surface area contributed by atoms with Gasteiger partial charge in [0, 0.05) is 30.6 Å². The van der Waals surface area contributed by atoms with Crippen molar-refractivity contribution < 1.29 is 13.6 Å². The van der Waals surface area contributed by atoms with Crippen LogP contribution in [-0.4, -0.2) is 24.5 Å². The zero-order valence-electron chi connectivity index (χ0n) is 15.2. The first-order chi connectivity index (χ1) is 13.0. The second kappa shape index (κ2) is 8.43. The van der Waals surface area contributed by atoms with Gasteiger partial charge in [-0.1, -0.05) is 12.1 Å². The highest BCUT2D eigenvalue weighted by Gasteiger charge is 2.33. The van der Waals surface area contributed by atoms with Crippen molar-refractivity contribution in [3.8, 4) is 0 Å². The lowest BCUT2D eigenvalue weighted by Crippen LogP contribution is -2.40. The van der Waals surface area contributed by atoms with E-state index in [0.717, 1.165) is 23.8 Å². The van der Waals surface area contributed by atoms with Crippen LogP contribution in [0.1, 0.15) is 36.9 Å². The van der Waals surface area contributed by atoms with Gasteiger partial charge in [0.1, 0.15) is 11.6 Å². The van der Waals surface area contributed by atoms with E-state index in [1.807, 2.05) is 37.7 Å². The van der Waals surface area contributed by atoms with Crippen molar-refractivity contribution in [3.05, 3.63) is 64.8 Å². The Morgan fingerprint density at radius 2 is 2.22 bits per heavy atom. The van der Waals surface area contributed by atoms with Gasteiger partial charge in [-0.2, -0.15) is 0 Å². The van der Waals surface area contributed by atoms with Gasteiger partial charge in [0.2, 0.25) is 5.91 Å². The number of benzene rings is 1. The van der Waals surface area contributed by atoms with Crippen LogP contribution in [0, 0.1) is 11.6 Å². The van der Waals surface area contributed by atoms with Gasteiger partial charge < -0.3 is 5.32 Å². The van der Waals surface area contributed by atoms with Crippen LogP contribution >= 0.6 is 11.3 Å². The maximum atomic E-state index is 14.2. The molecule has 7 heteroatoms. The van der Waals surface area contributed by atoms with E-state index in [1.54, 1.807) is 4.90 Å². The van der Waals surface area contributed by atoms with Crippen LogP contribution in [0.5, 0.6) is 0 Å². The Bertz CT molecular complexity index is 891. The van der Waals surface area contributed by atoms with Crippen molar-refractivity contribution in [1.82, 2.24) is 10.3 Å². The predicted octanol–water partition coefficient (Wildman–Crippen LogP) is 4.47. The highest BCUT2D eigenvalue weighted by Crippen LogP contribution is 2.34. The average molecular weight is 389 g/mol. The first-order valence-electron chi connectivity index (χ1n) is 8.77. The molecule has 1 aromatic carbocycles. The molecular formula is C20H21F2N3OS. The number of thiazole rings is 1. The number of amides is 1. The molecule has 0 spiro atoms. The summed E-state index contributed by atoms with van der Waals surface area (Å²) in [7, 11) is 1.82. The fourth-order valence-corrected chi connectivity index (χ4v) is 4.03. The first-order valence-corrected chi connectivity index (χ1v) is 9.65. The number of halogens is 2. The van der Waals surface area contributed by atoms with Crippen LogP contribution in [0.4, 0.5) is 13.9 Å². The Kier molecular flexibility index (Phi) is 6.01. The smallest absolute Gasteiger partial charge is 0.236 e. The SMILES string of the molecule is C/C=C(\C=C/NC)c1csc(N2CCCC(c3ccc(F)cc3F)C2=O)n1. The molecule has 3 rings (SSSR count). The maximum absolute atomic E-state index is 14.2. The van der Waals surface area contributed by atoms with Gasteiger partial charge in [-0.25, -0.2) is 13.8 Å². The Hall–Kier alpha value is -2.54. The summed E-state index contributed by atoms with van der Waals surface area (Å²) in [5, 5.41) is 5.44. The number of hydrogen-bond acceptors (Lipinski definition) is 4. The number of rotatable bonds is 5. The largest absolute Gasteiger partial charge is 0.394 e. The summed E-state index contributed by atoms with van der Waals surface area (Å²) in [6.07, 6.45) is 6.95. The molecule has 0 aliphatic carbocycles.